The van der Waals surface area contributed by atoms with E-state index in [-0.39, 0.29) is 5.82 Å². The van der Waals surface area contributed by atoms with Gasteiger partial charge in [-0.25, -0.2) is 4.39 Å². The first-order valence-electron chi connectivity index (χ1n) is 6.85. The third kappa shape index (κ3) is 2.83. The number of hydrogen-bond acceptors (Lipinski definition) is 2. The number of anilines is 2. The highest BCUT2D eigenvalue weighted by molar-refractivity contribution is 5.66. The highest BCUT2D eigenvalue weighted by Gasteiger charge is 2.15. The van der Waals surface area contributed by atoms with Gasteiger partial charge in [0.15, 0.2) is 0 Å². The molecule has 0 fully saturated rings. The number of aliphatic hydroxyl groups is 1. The molecule has 20 heavy (non-hydrogen) atoms. The molecule has 0 bridgehead atoms. The number of nitrogens with zero attached hydrogens (tertiary/aromatic N) is 1. The van der Waals surface area contributed by atoms with Crippen molar-refractivity contribution in [3.05, 3.63) is 59.4 Å². The molecule has 0 saturated carbocycles. The third-order valence-electron chi connectivity index (χ3n) is 3.47. The molecule has 0 spiro atoms. The first kappa shape index (κ1) is 14.5. The Balaban J connectivity index is 2.45. The number of hydrogen-bond donors (Lipinski definition) is 1. The van der Waals surface area contributed by atoms with Crippen LogP contribution in [0.15, 0.2) is 42.5 Å². The van der Waals surface area contributed by atoms with Crippen LogP contribution < -0.4 is 4.90 Å². The predicted molar refractivity (Wildman–Crippen MR) is 80.9 cm³/mol. The van der Waals surface area contributed by atoms with Gasteiger partial charge in [0.2, 0.25) is 0 Å². The molecule has 0 aromatic heterocycles. The topological polar surface area (TPSA) is 23.5 Å². The van der Waals surface area contributed by atoms with Gasteiger partial charge in [0.25, 0.3) is 0 Å². The van der Waals surface area contributed by atoms with E-state index in [9.17, 15) is 9.50 Å². The maximum atomic E-state index is 14.3. The molecule has 0 heterocycles. The van der Waals surface area contributed by atoms with Crippen molar-refractivity contribution in [2.24, 2.45) is 0 Å². The number of halogens is 1. The lowest BCUT2D eigenvalue weighted by molar-refractivity contribution is 0.199. The monoisotopic (exact) mass is 273 g/mol. The maximum absolute atomic E-state index is 14.3. The van der Waals surface area contributed by atoms with Crippen LogP contribution in [0.25, 0.3) is 0 Å². The van der Waals surface area contributed by atoms with Crippen LogP contribution in [0.1, 0.15) is 31.1 Å². The molecule has 3 heteroatoms. The molecule has 2 aromatic rings. The Bertz CT molecular complexity index is 595. The summed E-state index contributed by atoms with van der Waals surface area (Å²) < 4.78 is 14.3. The van der Waals surface area contributed by atoms with Crippen LogP contribution in [0.4, 0.5) is 15.8 Å². The van der Waals surface area contributed by atoms with Crippen molar-refractivity contribution in [1.82, 2.24) is 0 Å². The second kappa shape index (κ2) is 6.06. The molecule has 0 aliphatic heterocycles. The molecule has 0 radical (unpaired) electrons. The first-order valence-corrected chi connectivity index (χ1v) is 6.85. The average molecular weight is 273 g/mol. The zero-order chi connectivity index (χ0) is 14.7. The van der Waals surface area contributed by atoms with Gasteiger partial charge in [-0.15, -0.1) is 0 Å². The number of aryl methyl sites for hydroxylation is 1. The lowest BCUT2D eigenvalue weighted by atomic mass is 10.1. The zero-order valence-corrected chi connectivity index (χ0v) is 12.1. The largest absolute Gasteiger partial charge is 0.389 e. The highest BCUT2D eigenvalue weighted by Crippen LogP contribution is 2.31. The summed E-state index contributed by atoms with van der Waals surface area (Å²) >= 11 is 0. The SMILES string of the molecule is CCN(c1ccccc1C)c1ccc([C@H](C)O)cc1F. The van der Waals surface area contributed by atoms with Gasteiger partial charge in [0.1, 0.15) is 5.82 Å². The predicted octanol–water partition coefficient (Wildman–Crippen LogP) is 4.35. The van der Waals surface area contributed by atoms with Gasteiger partial charge in [-0.3, -0.25) is 0 Å². The Kier molecular flexibility index (Phi) is 4.40. The van der Waals surface area contributed by atoms with Crippen LogP contribution in [0.2, 0.25) is 0 Å². The number of rotatable bonds is 4. The van der Waals surface area contributed by atoms with Gasteiger partial charge in [-0.2, -0.15) is 0 Å². The second-order valence-electron chi connectivity index (χ2n) is 4.92. The molecule has 0 unspecified atom stereocenters. The number of para-hydroxylation sites is 1. The van der Waals surface area contributed by atoms with Gasteiger partial charge in [-0.05, 0) is 50.1 Å². The fraction of sp³-hybridized carbons (Fsp3) is 0.294. The summed E-state index contributed by atoms with van der Waals surface area (Å²) in [5.74, 6) is -0.312. The molecule has 106 valence electrons. The van der Waals surface area contributed by atoms with E-state index in [0.717, 1.165) is 11.3 Å². The summed E-state index contributed by atoms with van der Waals surface area (Å²) in [6, 6.07) is 12.8. The average Bonchev–Trinajstić information content (AvgIpc) is 2.43. The van der Waals surface area contributed by atoms with Crippen LogP contribution in [0, 0.1) is 12.7 Å². The molecule has 2 aromatic carbocycles. The van der Waals surface area contributed by atoms with E-state index < -0.39 is 6.10 Å². The molecule has 0 aliphatic carbocycles. The van der Waals surface area contributed by atoms with Gasteiger partial charge in [-0.1, -0.05) is 24.3 Å². The standard InChI is InChI=1S/C17H20FNO/c1-4-19(16-8-6-5-7-12(16)2)17-10-9-14(13(3)20)11-15(17)18/h5-11,13,20H,4H2,1-3H3/t13-/m0/s1. The van der Waals surface area contributed by atoms with E-state index in [1.54, 1.807) is 19.1 Å². The Morgan fingerprint density at radius 3 is 2.40 bits per heavy atom. The van der Waals surface area contributed by atoms with Crippen LogP contribution in [-0.4, -0.2) is 11.7 Å². The third-order valence-corrected chi connectivity index (χ3v) is 3.47. The van der Waals surface area contributed by atoms with Crippen molar-refractivity contribution in [1.29, 1.82) is 0 Å². The van der Waals surface area contributed by atoms with Crippen molar-refractivity contribution in [2.75, 3.05) is 11.4 Å². The Labute approximate surface area is 119 Å². The second-order valence-corrected chi connectivity index (χ2v) is 4.92. The van der Waals surface area contributed by atoms with E-state index in [4.69, 9.17) is 0 Å². The molecule has 2 rings (SSSR count). The lowest BCUT2D eigenvalue weighted by Crippen LogP contribution is -2.18. The summed E-state index contributed by atoms with van der Waals surface area (Å²) in [6.45, 7) is 6.32. The van der Waals surface area contributed by atoms with Crippen LogP contribution in [0.3, 0.4) is 0 Å². The minimum atomic E-state index is -0.660. The molecular weight excluding hydrogens is 253 g/mol. The summed E-state index contributed by atoms with van der Waals surface area (Å²) in [7, 11) is 0. The quantitative estimate of drug-likeness (QED) is 0.895. The number of benzene rings is 2. The fourth-order valence-electron chi connectivity index (χ4n) is 2.34. The normalized spacial score (nSPS) is 12.2. The molecule has 2 nitrogen and oxygen atoms in total. The van der Waals surface area contributed by atoms with Gasteiger partial charge in [0, 0.05) is 12.2 Å². The summed E-state index contributed by atoms with van der Waals surface area (Å²) in [6.07, 6.45) is -0.660. The van der Waals surface area contributed by atoms with Crippen LogP contribution >= 0.6 is 0 Å². The Morgan fingerprint density at radius 2 is 1.85 bits per heavy atom. The molecular formula is C17H20FNO. The van der Waals surface area contributed by atoms with Gasteiger partial charge >= 0.3 is 0 Å². The minimum absolute atomic E-state index is 0.312. The molecule has 0 amide bonds. The van der Waals surface area contributed by atoms with E-state index in [1.165, 1.54) is 6.07 Å². The Morgan fingerprint density at radius 1 is 1.15 bits per heavy atom. The van der Waals surface area contributed by atoms with E-state index in [2.05, 4.69) is 0 Å². The van der Waals surface area contributed by atoms with E-state index >= 15 is 0 Å². The summed E-state index contributed by atoms with van der Waals surface area (Å²) in [5, 5.41) is 9.52. The fourth-order valence-corrected chi connectivity index (χ4v) is 2.34. The van der Waals surface area contributed by atoms with Crippen molar-refractivity contribution in [3.8, 4) is 0 Å². The zero-order valence-electron chi connectivity index (χ0n) is 12.1. The molecule has 0 aliphatic rings. The Hall–Kier alpha value is -1.87. The van der Waals surface area contributed by atoms with Crippen molar-refractivity contribution < 1.29 is 9.50 Å². The minimum Gasteiger partial charge on any atom is -0.389 e. The lowest BCUT2D eigenvalue weighted by Gasteiger charge is -2.26. The summed E-state index contributed by atoms with van der Waals surface area (Å²) in [4.78, 5) is 1.94. The van der Waals surface area contributed by atoms with Crippen molar-refractivity contribution in [3.63, 3.8) is 0 Å². The number of aliphatic hydroxyl groups excluding tert-OH is 1. The van der Waals surface area contributed by atoms with Crippen LogP contribution in [-0.2, 0) is 0 Å². The van der Waals surface area contributed by atoms with Gasteiger partial charge in [0.05, 0.1) is 11.8 Å². The smallest absolute Gasteiger partial charge is 0.147 e. The molecule has 0 saturated heterocycles. The summed E-state index contributed by atoms with van der Waals surface area (Å²) in [5.41, 5.74) is 3.23. The van der Waals surface area contributed by atoms with Crippen LogP contribution in [0.5, 0.6) is 0 Å². The maximum Gasteiger partial charge on any atom is 0.147 e. The molecule has 1 N–H and O–H groups in total. The van der Waals surface area contributed by atoms with Gasteiger partial charge < -0.3 is 10.0 Å². The van der Waals surface area contributed by atoms with E-state index in [1.807, 2.05) is 43.0 Å². The first-order chi connectivity index (χ1) is 9.54. The van der Waals surface area contributed by atoms with Crippen molar-refractivity contribution in [2.45, 2.75) is 26.9 Å². The molecule has 1 atom stereocenters. The van der Waals surface area contributed by atoms with E-state index in [0.29, 0.717) is 17.8 Å². The van der Waals surface area contributed by atoms with Crippen molar-refractivity contribution >= 4 is 11.4 Å². The highest BCUT2D eigenvalue weighted by atomic mass is 19.1.